The van der Waals surface area contributed by atoms with Crippen LogP contribution in [0.4, 0.5) is 0 Å². The van der Waals surface area contributed by atoms with Crippen LogP contribution in [0.1, 0.15) is 35.8 Å². The lowest BCUT2D eigenvalue weighted by molar-refractivity contribution is 0.0693. The molecule has 0 radical (unpaired) electrons. The lowest BCUT2D eigenvalue weighted by Crippen LogP contribution is -2.37. The highest BCUT2D eigenvalue weighted by Crippen LogP contribution is 2.16. The maximum absolute atomic E-state index is 11.2. The molecule has 1 aliphatic rings. The van der Waals surface area contributed by atoms with Gasteiger partial charge in [-0.1, -0.05) is 6.92 Å². The van der Waals surface area contributed by atoms with Gasteiger partial charge in [-0.15, -0.1) is 0 Å². The van der Waals surface area contributed by atoms with E-state index in [1.54, 1.807) is 11.7 Å². The van der Waals surface area contributed by atoms with Crippen molar-refractivity contribution >= 4 is 5.97 Å². The summed E-state index contributed by atoms with van der Waals surface area (Å²) in [5, 5.41) is 16.6. The van der Waals surface area contributed by atoms with Gasteiger partial charge in [0.05, 0.1) is 11.9 Å². The van der Waals surface area contributed by atoms with Crippen LogP contribution in [0.2, 0.25) is 0 Å². The van der Waals surface area contributed by atoms with Crippen LogP contribution in [0, 0.1) is 0 Å². The van der Waals surface area contributed by atoms with Gasteiger partial charge in [0.25, 0.3) is 0 Å². The van der Waals surface area contributed by atoms with Gasteiger partial charge in [0.2, 0.25) is 0 Å². The number of nitrogens with one attached hydrogen (secondary N) is 1. The third kappa shape index (κ3) is 3.13. The summed E-state index contributed by atoms with van der Waals surface area (Å²) in [6, 6.07) is 0.497. The monoisotopic (exact) mass is 266 g/mol. The molecule has 1 atom stereocenters. The molecule has 2 rings (SSSR count). The summed E-state index contributed by atoms with van der Waals surface area (Å²) in [6.45, 7) is 5.81. The van der Waals surface area contributed by atoms with Crippen LogP contribution in [0.5, 0.6) is 0 Å². The lowest BCUT2D eigenvalue weighted by atomic mass is 10.1. The van der Waals surface area contributed by atoms with E-state index in [1.807, 2.05) is 0 Å². The van der Waals surface area contributed by atoms with Gasteiger partial charge >= 0.3 is 5.97 Å². The number of aromatic carboxylic acids is 1. The van der Waals surface area contributed by atoms with Gasteiger partial charge in [-0.2, -0.15) is 5.10 Å². The van der Waals surface area contributed by atoms with Crippen LogP contribution in [0.25, 0.3) is 0 Å². The van der Waals surface area contributed by atoms with Crippen molar-refractivity contribution in [2.24, 2.45) is 7.05 Å². The molecular weight excluding hydrogens is 244 g/mol. The first-order valence-corrected chi connectivity index (χ1v) is 6.82. The zero-order valence-corrected chi connectivity index (χ0v) is 11.6. The van der Waals surface area contributed by atoms with Crippen LogP contribution >= 0.6 is 0 Å². The van der Waals surface area contributed by atoms with Crippen molar-refractivity contribution in [2.75, 3.05) is 19.6 Å². The van der Waals surface area contributed by atoms with Crippen molar-refractivity contribution in [1.82, 2.24) is 20.0 Å². The number of rotatable bonds is 6. The van der Waals surface area contributed by atoms with Crippen LogP contribution < -0.4 is 5.32 Å². The predicted molar refractivity (Wildman–Crippen MR) is 72.1 cm³/mol. The maximum Gasteiger partial charge on any atom is 0.339 e. The summed E-state index contributed by atoms with van der Waals surface area (Å²) in [5.41, 5.74) is 1.10. The molecule has 0 spiro atoms. The smallest absolute Gasteiger partial charge is 0.339 e. The molecule has 1 aromatic heterocycles. The molecule has 2 N–H and O–H groups in total. The number of carboxylic acids is 1. The third-order valence-corrected chi connectivity index (χ3v) is 3.71. The molecule has 19 heavy (non-hydrogen) atoms. The number of nitrogens with zero attached hydrogens (tertiary/aromatic N) is 3. The largest absolute Gasteiger partial charge is 0.478 e. The van der Waals surface area contributed by atoms with Crippen molar-refractivity contribution in [1.29, 1.82) is 0 Å². The van der Waals surface area contributed by atoms with Gasteiger partial charge < -0.3 is 10.4 Å². The molecule has 1 fully saturated rings. The second-order valence-electron chi connectivity index (χ2n) is 5.05. The maximum atomic E-state index is 11.2. The fraction of sp³-hybridized carbons (Fsp3) is 0.692. The minimum absolute atomic E-state index is 0.314. The summed E-state index contributed by atoms with van der Waals surface area (Å²) >= 11 is 0. The molecule has 0 bridgehead atoms. The van der Waals surface area contributed by atoms with E-state index in [9.17, 15) is 9.90 Å². The van der Waals surface area contributed by atoms with E-state index in [0.717, 1.165) is 38.2 Å². The highest BCUT2D eigenvalue weighted by molar-refractivity contribution is 5.88. The topological polar surface area (TPSA) is 70.4 Å². The SMILES string of the molecule is CCCN(Cc1c(C(=O)O)cnn1C)C1CCNC1. The van der Waals surface area contributed by atoms with E-state index in [4.69, 9.17) is 0 Å². The number of hydrogen-bond donors (Lipinski definition) is 2. The van der Waals surface area contributed by atoms with E-state index in [-0.39, 0.29) is 0 Å². The average Bonchev–Trinajstić information content (AvgIpc) is 2.99. The van der Waals surface area contributed by atoms with Crippen molar-refractivity contribution in [3.63, 3.8) is 0 Å². The van der Waals surface area contributed by atoms with E-state index >= 15 is 0 Å². The number of hydrogen-bond acceptors (Lipinski definition) is 4. The zero-order valence-electron chi connectivity index (χ0n) is 11.6. The van der Waals surface area contributed by atoms with Crippen molar-refractivity contribution in [2.45, 2.75) is 32.4 Å². The fourth-order valence-electron chi connectivity index (χ4n) is 2.65. The Labute approximate surface area is 113 Å². The van der Waals surface area contributed by atoms with Gasteiger partial charge in [0.15, 0.2) is 0 Å². The summed E-state index contributed by atoms with van der Waals surface area (Å²) in [7, 11) is 1.80. The second kappa shape index (κ2) is 6.16. The number of carboxylic acid groups (broad SMARTS) is 1. The van der Waals surface area contributed by atoms with Crippen molar-refractivity contribution in [3.8, 4) is 0 Å². The van der Waals surface area contributed by atoms with Gasteiger partial charge in [-0.25, -0.2) is 4.79 Å². The molecule has 1 unspecified atom stereocenters. The van der Waals surface area contributed by atoms with E-state index in [0.29, 0.717) is 18.2 Å². The van der Waals surface area contributed by atoms with Gasteiger partial charge in [-0.3, -0.25) is 9.58 Å². The Kier molecular flexibility index (Phi) is 4.55. The molecule has 2 heterocycles. The first-order chi connectivity index (χ1) is 9.13. The molecule has 0 aromatic carbocycles. The predicted octanol–water partition coefficient (Wildman–Crippen LogP) is 0.692. The average molecular weight is 266 g/mol. The van der Waals surface area contributed by atoms with Crippen LogP contribution in [-0.2, 0) is 13.6 Å². The third-order valence-electron chi connectivity index (χ3n) is 3.71. The van der Waals surface area contributed by atoms with E-state index < -0.39 is 5.97 Å². The first kappa shape index (κ1) is 14.0. The lowest BCUT2D eigenvalue weighted by Gasteiger charge is -2.28. The van der Waals surface area contributed by atoms with E-state index in [2.05, 4.69) is 22.2 Å². The number of aryl methyl sites for hydroxylation is 1. The Bertz CT molecular complexity index is 438. The molecule has 1 aliphatic heterocycles. The molecule has 0 amide bonds. The number of aromatic nitrogens is 2. The number of carbonyl (C=O) groups is 1. The second-order valence-corrected chi connectivity index (χ2v) is 5.05. The standard InChI is InChI=1S/C13H22N4O2/c1-3-6-17(10-4-5-14-7-10)9-12-11(13(18)19)8-15-16(12)2/h8,10,14H,3-7,9H2,1-2H3,(H,18,19). The highest BCUT2D eigenvalue weighted by Gasteiger charge is 2.25. The molecular formula is C13H22N4O2. The van der Waals surface area contributed by atoms with Gasteiger partial charge in [0, 0.05) is 26.2 Å². The van der Waals surface area contributed by atoms with Gasteiger partial charge in [0.1, 0.15) is 5.56 Å². The Hall–Kier alpha value is -1.40. The molecule has 6 nitrogen and oxygen atoms in total. The molecule has 0 aliphatic carbocycles. The summed E-state index contributed by atoms with van der Waals surface area (Å²) in [5.74, 6) is -0.899. The minimum atomic E-state index is -0.899. The normalized spacial score (nSPS) is 19.2. The highest BCUT2D eigenvalue weighted by atomic mass is 16.4. The molecule has 106 valence electrons. The molecule has 1 aromatic rings. The van der Waals surface area contributed by atoms with Crippen LogP contribution in [-0.4, -0.2) is 51.4 Å². The molecule has 6 heteroatoms. The first-order valence-electron chi connectivity index (χ1n) is 6.82. The Morgan fingerprint density at radius 1 is 1.68 bits per heavy atom. The zero-order chi connectivity index (χ0) is 13.8. The summed E-state index contributed by atoms with van der Waals surface area (Å²) in [6.07, 6.45) is 3.63. The van der Waals surface area contributed by atoms with Crippen molar-refractivity contribution < 1.29 is 9.90 Å². The summed E-state index contributed by atoms with van der Waals surface area (Å²) in [4.78, 5) is 13.6. The Balaban J connectivity index is 2.16. The van der Waals surface area contributed by atoms with Crippen molar-refractivity contribution in [3.05, 3.63) is 17.5 Å². The van der Waals surface area contributed by atoms with E-state index in [1.165, 1.54) is 6.20 Å². The minimum Gasteiger partial charge on any atom is -0.478 e. The summed E-state index contributed by atoms with van der Waals surface area (Å²) < 4.78 is 1.68. The molecule has 0 saturated carbocycles. The fourth-order valence-corrected chi connectivity index (χ4v) is 2.65. The Morgan fingerprint density at radius 2 is 2.47 bits per heavy atom. The van der Waals surface area contributed by atoms with Crippen LogP contribution in [0.15, 0.2) is 6.20 Å². The van der Waals surface area contributed by atoms with Crippen LogP contribution in [0.3, 0.4) is 0 Å². The Morgan fingerprint density at radius 3 is 3.05 bits per heavy atom. The molecule has 1 saturated heterocycles. The quantitative estimate of drug-likeness (QED) is 0.793. The van der Waals surface area contributed by atoms with Gasteiger partial charge in [-0.05, 0) is 25.9 Å².